The molecule has 2 aromatic rings. The van der Waals surface area contributed by atoms with Crippen LogP contribution in [0.1, 0.15) is 22.3 Å². The first kappa shape index (κ1) is 16.3. The molecule has 21 heavy (non-hydrogen) atoms. The summed E-state index contributed by atoms with van der Waals surface area (Å²) in [5.41, 5.74) is 2.45. The Morgan fingerprint density at radius 1 is 1.19 bits per heavy atom. The number of benzene rings is 2. The van der Waals surface area contributed by atoms with Gasteiger partial charge in [0.15, 0.2) is 0 Å². The predicted octanol–water partition coefficient (Wildman–Crippen LogP) is 5.53. The lowest BCUT2D eigenvalue weighted by molar-refractivity contribution is 0.102. The molecule has 110 valence electrons. The Balaban J connectivity index is 2.10. The first-order valence-corrected chi connectivity index (χ1v) is 8.22. The van der Waals surface area contributed by atoms with Gasteiger partial charge in [-0.25, -0.2) is 0 Å². The third-order valence-corrected chi connectivity index (χ3v) is 4.47. The highest BCUT2D eigenvalue weighted by atomic mass is 79.9. The summed E-state index contributed by atoms with van der Waals surface area (Å²) in [5.74, 6) is 0.451. The monoisotopic (exact) mass is 385 g/mol. The Morgan fingerprint density at radius 2 is 2.00 bits per heavy atom. The van der Waals surface area contributed by atoms with Crippen LogP contribution in [0, 0.1) is 0 Å². The van der Waals surface area contributed by atoms with E-state index in [0.29, 0.717) is 16.5 Å². The van der Waals surface area contributed by atoms with Gasteiger partial charge in [-0.2, -0.15) is 0 Å². The van der Waals surface area contributed by atoms with E-state index < -0.39 is 0 Å². The maximum atomic E-state index is 12.2. The number of nitrogens with one attached hydrogen (secondary N) is 1. The molecule has 2 rings (SSSR count). The minimum absolute atomic E-state index is 0.182. The predicted molar refractivity (Wildman–Crippen MR) is 92.6 cm³/mol. The molecule has 0 aliphatic carbocycles. The molecule has 0 atom stereocenters. The Labute approximate surface area is 142 Å². The molecule has 1 amide bonds. The van der Waals surface area contributed by atoms with E-state index in [2.05, 4.69) is 21.2 Å². The van der Waals surface area contributed by atoms with Crippen molar-refractivity contribution in [2.45, 2.75) is 12.8 Å². The van der Waals surface area contributed by atoms with E-state index in [1.54, 1.807) is 18.2 Å². The van der Waals surface area contributed by atoms with Crippen molar-refractivity contribution in [1.29, 1.82) is 0 Å². The second-order valence-corrected chi connectivity index (χ2v) is 6.22. The molecule has 0 bridgehead atoms. The molecule has 0 saturated carbocycles. The van der Waals surface area contributed by atoms with Crippen LogP contribution in [0.4, 0.5) is 5.69 Å². The topological polar surface area (TPSA) is 29.1 Å². The van der Waals surface area contributed by atoms with Crippen molar-refractivity contribution in [1.82, 2.24) is 0 Å². The van der Waals surface area contributed by atoms with E-state index in [1.165, 1.54) is 0 Å². The number of alkyl halides is 1. The lowest BCUT2D eigenvalue weighted by atomic mass is 10.1. The van der Waals surface area contributed by atoms with Crippen molar-refractivity contribution in [3.8, 4) is 0 Å². The van der Waals surface area contributed by atoms with Crippen LogP contribution < -0.4 is 5.32 Å². The smallest absolute Gasteiger partial charge is 0.255 e. The van der Waals surface area contributed by atoms with Gasteiger partial charge in [0, 0.05) is 21.6 Å². The summed E-state index contributed by atoms with van der Waals surface area (Å²) in [6.07, 6.45) is 1.82. The molecule has 0 aliphatic rings. The molecule has 0 unspecified atom stereocenters. The fourth-order valence-electron chi connectivity index (χ4n) is 1.92. The molecule has 0 radical (unpaired) electrons. The number of carbonyl (C=O) groups is 1. The van der Waals surface area contributed by atoms with Gasteiger partial charge >= 0.3 is 0 Å². The maximum Gasteiger partial charge on any atom is 0.255 e. The van der Waals surface area contributed by atoms with Gasteiger partial charge in [0.25, 0.3) is 5.91 Å². The summed E-state index contributed by atoms with van der Waals surface area (Å²) in [7, 11) is 0. The van der Waals surface area contributed by atoms with Crippen LogP contribution in [0.2, 0.25) is 5.02 Å². The number of amides is 1. The largest absolute Gasteiger partial charge is 0.322 e. The number of hydrogen-bond acceptors (Lipinski definition) is 1. The molecule has 2 aromatic carbocycles. The van der Waals surface area contributed by atoms with Crippen LogP contribution in [0.25, 0.3) is 0 Å². The fraction of sp³-hybridized carbons (Fsp3) is 0.188. The zero-order valence-corrected chi connectivity index (χ0v) is 14.3. The Kier molecular flexibility index (Phi) is 6.09. The second-order valence-electron chi connectivity index (χ2n) is 4.58. The highest BCUT2D eigenvalue weighted by Gasteiger charge is 2.08. The number of halogens is 3. The summed E-state index contributed by atoms with van der Waals surface area (Å²) < 4.78 is 0.767. The molecule has 0 saturated heterocycles. The summed E-state index contributed by atoms with van der Waals surface area (Å²) in [4.78, 5) is 12.2. The summed E-state index contributed by atoms with van der Waals surface area (Å²) >= 11 is 15.0. The number of anilines is 1. The summed E-state index contributed by atoms with van der Waals surface area (Å²) in [6.45, 7) is 0. The third kappa shape index (κ3) is 4.73. The lowest BCUT2D eigenvalue weighted by Crippen LogP contribution is -2.12. The number of hydrogen-bond donors (Lipinski definition) is 1. The highest BCUT2D eigenvalue weighted by molar-refractivity contribution is 9.10. The fourth-order valence-corrected chi connectivity index (χ4v) is 2.48. The van der Waals surface area contributed by atoms with Crippen LogP contribution in [-0.4, -0.2) is 11.8 Å². The zero-order valence-electron chi connectivity index (χ0n) is 11.2. The van der Waals surface area contributed by atoms with Crippen LogP contribution >= 0.6 is 39.1 Å². The van der Waals surface area contributed by atoms with E-state index >= 15 is 0 Å². The van der Waals surface area contributed by atoms with Crippen molar-refractivity contribution >= 4 is 50.7 Å². The summed E-state index contributed by atoms with van der Waals surface area (Å²) in [5, 5.41) is 3.39. The van der Waals surface area contributed by atoms with E-state index in [0.717, 1.165) is 28.6 Å². The van der Waals surface area contributed by atoms with Crippen molar-refractivity contribution in [3.05, 3.63) is 63.1 Å². The van der Waals surface area contributed by atoms with Crippen LogP contribution in [0.3, 0.4) is 0 Å². The Morgan fingerprint density at radius 3 is 2.71 bits per heavy atom. The van der Waals surface area contributed by atoms with Crippen molar-refractivity contribution in [2.75, 3.05) is 11.2 Å². The molecular weight excluding hydrogens is 373 g/mol. The van der Waals surface area contributed by atoms with Gasteiger partial charge in [-0.15, -0.1) is 11.6 Å². The van der Waals surface area contributed by atoms with Gasteiger partial charge < -0.3 is 5.32 Å². The molecule has 5 heteroatoms. The van der Waals surface area contributed by atoms with Gasteiger partial charge in [-0.1, -0.05) is 23.7 Å². The third-order valence-electron chi connectivity index (χ3n) is 2.97. The SMILES string of the molecule is O=C(Nc1cccc(CCCCl)c1)c1ccc(Br)c(Cl)c1. The maximum absolute atomic E-state index is 12.2. The van der Waals surface area contributed by atoms with Gasteiger partial charge in [0.1, 0.15) is 0 Å². The van der Waals surface area contributed by atoms with E-state index in [1.807, 2.05) is 24.3 Å². The minimum Gasteiger partial charge on any atom is -0.322 e. The number of carbonyl (C=O) groups excluding carboxylic acids is 1. The van der Waals surface area contributed by atoms with Gasteiger partial charge in [-0.05, 0) is 64.7 Å². The molecule has 0 spiro atoms. The van der Waals surface area contributed by atoms with Gasteiger partial charge in [0.2, 0.25) is 0 Å². The Hall–Kier alpha value is -1.03. The van der Waals surface area contributed by atoms with Crippen LogP contribution in [0.15, 0.2) is 46.9 Å². The van der Waals surface area contributed by atoms with Gasteiger partial charge in [-0.3, -0.25) is 4.79 Å². The van der Waals surface area contributed by atoms with Crippen molar-refractivity contribution < 1.29 is 4.79 Å². The second kappa shape index (κ2) is 7.83. The van der Waals surface area contributed by atoms with E-state index in [-0.39, 0.29) is 5.91 Å². The van der Waals surface area contributed by atoms with E-state index in [4.69, 9.17) is 23.2 Å². The first-order valence-electron chi connectivity index (χ1n) is 6.51. The van der Waals surface area contributed by atoms with E-state index in [9.17, 15) is 4.79 Å². The minimum atomic E-state index is -0.182. The molecule has 2 nitrogen and oxygen atoms in total. The lowest BCUT2D eigenvalue weighted by Gasteiger charge is -2.08. The molecule has 0 aliphatic heterocycles. The highest BCUT2D eigenvalue weighted by Crippen LogP contribution is 2.23. The number of aryl methyl sites for hydroxylation is 1. The Bertz CT molecular complexity index is 646. The standard InChI is InChI=1S/C16H14BrCl2NO/c17-14-7-6-12(10-15(14)19)16(21)20-13-5-1-3-11(9-13)4-2-8-18/h1,3,5-7,9-10H,2,4,8H2,(H,20,21). The van der Waals surface area contributed by atoms with Crippen LogP contribution in [-0.2, 0) is 6.42 Å². The molecule has 0 aromatic heterocycles. The quantitative estimate of drug-likeness (QED) is 0.672. The molecule has 1 N–H and O–H groups in total. The normalized spacial score (nSPS) is 10.4. The van der Waals surface area contributed by atoms with Crippen molar-refractivity contribution in [2.24, 2.45) is 0 Å². The molecular formula is C16H14BrCl2NO. The summed E-state index contributed by atoms with van der Waals surface area (Å²) in [6, 6.07) is 12.9. The van der Waals surface area contributed by atoms with Crippen molar-refractivity contribution in [3.63, 3.8) is 0 Å². The first-order chi connectivity index (χ1) is 10.1. The molecule has 0 fully saturated rings. The molecule has 0 heterocycles. The average Bonchev–Trinajstić information content (AvgIpc) is 2.48. The average molecular weight is 387 g/mol. The van der Waals surface area contributed by atoms with Gasteiger partial charge in [0.05, 0.1) is 5.02 Å². The number of rotatable bonds is 5. The zero-order chi connectivity index (χ0) is 15.2. The van der Waals surface area contributed by atoms with Crippen LogP contribution in [0.5, 0.6) is 0 Å².